The van der Waals surface area contributed by atoms with Crippen molar-refractivity contribution < 1.29 is 14.3 Å². The van der Waals surface area contributed by atoms with Gasteiger partial charge in [-0.2, -0.15) is 0 Å². The fraction of sp³-hybridized carbons (Fsp3) is 0.889. The number of nitrogens with one attached hydrogen (secondary N) is 2. The summed E-state index contributed by atoms with van der Waals surface area (Å²) >= 11 is 0. The minimum atomic E-state index is -0.404. The van der Waals surface area contributed by atoms with Crippen LogP contribution in [-0.4, -0.2) is 44.0 Å². The number of ether oxygens (including phenoxy) is 1. The number of Topliss-reactive ketones (excluding diaryl/α,β-unsaturated/α-hetero) is 1. The number of hydrogen-bond donors (Lipinski definition) is 2. The van der Waals surface area contributed by atoms with Crippen molar-refractivity contribution in [2.75, 3.05) is 20.2 Å². The highest BCUT2D eigenvalue weighted by Gasteiger charge is 2.25. The van der Waals surface area contributed by atoms with E-state index in [4.69, 9.17) is 4.74 Å². The highest BCUT2D eigenvalue weighted by atomic mass is 16.5. The van der Waals surface area contributed by atoms with E-state index in [1.54, 1.807) is 7.11 Å². The molecular formula is C18H34N2O3. The van der Waals surface area contributed by atoms with E-state index in [0.717, 1.165) is 51.5 Å². The Morgan fingerprint density at radius 2 is 1.70 bits per heavy atom. The summed E-state index contributed by atoms with van der Waals surface area (Å²) in [4.78, 5) is 23.8. The SMILES string of the molecule is COC1CCC(CC(=O)C(=O)NCCCCCNC(C)C)CC1. The van der Waals surface area contributed by atoms with Gasteiger partial charge < -0.3 is 15.4 Å². The molecule has 1 amide bonds. The molecule has 0 radical (unpaired) electrons. The zero-order valence-electron chi connectivity index (χ0n) is 15.0. The van der Waals surface area contributed by atoms with Crippen molar-refractivity contribution >= 4 is 11.7 Å². The summed E-state index contributed by atoms with van der Waals surface area (Å²) in [5, 5.41) is 6.12. The van der Waals surface area contributed by atoms with Crippen molar-refractivity contribution in [3.05, 3.63) is 0 Å². The van der Waals surface area contributed by atoms with E-state index in [1.807, 2.05) is 0 Å². The maximum atomic E-state index is 12.0. The fourth-order valence-electron chi connectivity index (χ4n) is 3.04. The maximum Gasteiger partial charge on any atom is 0.287 e. The first kappa shape index (κ1) is 20.1. The fourth-order valence-corrected chi connectivity index (χ4v) is 3.04. The van der Waals surface area contributed by atoms with Gasteiger partial charge in [-0.05, 0) is 51.0 Å². The lowest BCUT2D eigenvalue weighted by Gasteiger charge is -2.26. The molecule has 5 heteroatoms. The standard InChI is InChI=1S/C18H34N2O3/c1-14(2)19-11-5-4-6-12-20-18(22)17(21)13-15-7-9-16(23-3)10-8-15/h14-16,19H,4-13H2,1-3H3,(H,20,22). The summed E-state index contributed by atoms with van der Waals surface area (Å²) in [7, 11) is 1.74. The van der Waals surface area contributed by atoms with Crippen LogP contribution in [0.2, 0.25) is 0 Å². The van der Waals surface area contributed by atoms with Crippen LogP contribution in [0, 0.1) is 5.92 Å². The van der Waals surface area contributed by atoms with Crippen molar-refractivity contribution in [2.45, 2.75) is 77.4 Å². The van der Waals surface area contributed by atoms with Crippen LogP contribution >= 0.6 is 0 Å². The molecule has 1 rings (SSSR count). The molecule has 0 heterocycles. The number of ketones is 1. The molecule has 1 fully saturated rings. The van der Waals surface area contributed by atoms with Crippen molar-refractivity contribution in [1.82, 2.24) is 10.6 Å². The largest absolute Gasteiger partial charge is 0.381 e. The summed E-state index contributed by atoms with van der Waals surface area (Å²) in [6.45, 7) is 5.87. The van der Waals surface area contributed by atoms with Crippen molar-refractivity contribution in [1.29, 1.82) is 0 Å². The lowest BCUT2D eigenvalue weighted by molar-refractivity contribution is -0.138. The van der Waals surface area contributed by atoms with E-state index >= 15 is 0 Å². The molecular weight excluding hydrogens is 292 g/mol. The van der Waals surface area contributed by atoms with Gasteiger partial charge in [0.25, 0.3) is 5.91 Å². The van der Waals surface area contributed by atoms with Crippen LogP contribution in [0.3, 0.4) is 0 Å². The molecule has 134 valence electrons. The Bertz CT molecular complexity index is 350. The second-order valence-corrected chi connectivity index (χ2v) is 6.93. The predicted molar refractivity (Wildman–Crippen MR) is 92.4 cm³/mol. The van der Waals surface area contributed by atoms with Crippen LogP contribution in [0.4, 0.5) is 0 Å². The predicted octanol–water partition coefficient (Wildman–Crippen LogP) is 2.44. The second kappa shape index (κ2) is 11.6. The van der Waals surface area contributed by atoms with E-state index in [-0.39, 0.29) is 5.78 Å². The van der Waals surface area contributed by atoms with E-state index in [0.29, 0.717) is 31.0 Å². The Labute approximate surface area is 140 Å². The Morgan fingerprint density at radius 1 is 1.04 bits per heavy atom. The molecule has 1 saturated carbocycles. The normalized spacial score (nSPS) is 21.4. The quantitative estimate of drug-likeness (QED) is 0.452. The minimum absolute atomic E-state index is 0.257. The van der Waals surface area contributed by atoms with Gasteiger partial charge in [0.1, 0.15) is 0 Å². The number of carbonyl (C=O) groups is 2. The van der Waals surface area contributed by atoms with Crippen molar-refractivity contribution in [2.24, 2.45) is 5.92 Å². The lowest BCUT2D eigenvalue weighted by atomic mass is 9.84. The van der Waals surface area contributed by atoms with Crippen LogP contribution in [0.25, 0.3) is 0 Å². The molecule has 0 aromatic carbocycles. The monoisotopic (exact) mass is 326 g/mol. The molecule has 1 aliphatic rings. The summed E-state index contributed by atoms with van der Waals surface area (Å²) in [6, 6.07) is 0.520. The molecule has 0 unspecified atom stereocenters. The molecule has 0 bridgehead atoms. The number of carbonyl (C=O) groups excluding carboxylic acids is 2. The number of hydrogen-bond acceptors (Lipinski definition) is 4. The highest BCUT2D eigenvalue weighted by molar-refractivity contribution is 6.36. The lowest BCUT2D eigenvalue weighted by Crippen LogP contribution is -2.33. The molecule has 2 N–H and O–H groups in total. The van der Waals surface area contributed by atoms with E-state index < -0.39 is 5.91 Å². The third-order valence-corrected chi connectivity index (χ3v) is 4.55. The summed E-state index contributed by atoms with van der Waals surface area (Å²) in [5.74, 6) is -0.312. The molecule has 0 aliphatic heterocycles. The maximum absolute atomic E-state index is 12.0. The number of methoxy groups -OCH3 is 1. The Hall–Kier alpha value is -0.940. The first-order valence-corrected chi connectivity index (χ1v) is 9.10. The zero-order chi connectivity index (χ0) is 17.1. The summed E-state index contributed by atoms with van der Waals surface area (Å²) in [5.41, 5.74) is 0. The van der Waals surface area contributed by atoms with Gasteiger partial charge >= 0.3 is 0 Å². The molecule has 0 saturated heterocycles. The van der Waals surface area contributed by atoms with Gasteiger partial charge in [-0.15, -0.1) is 0 Å². The van der Waals surface area contributed by atoms with Crippen LogP contribution in [0.15, 0.2) is 0 Å². The van der Waals surface area contributed by atoms with Crippen LogP contribution in [0.5, 0.6) is 0 Å². The zero-order valence-corrected chi connectivity index (χ0v) is 15.0. The second-order valence-electron chi connectivity index (χ2n) is 6.93. The molecule has 5 nitrogen and oxygen atoms in total. The first-order valence-electron chi connectivity index (χ1n) is 9.10. The molecule has 0 atom stereocenters. The molecule has 23 heavy (non-hydrogen) atoms. The van der Waals surface area contributed by atoms with Crippen LogP contribution in [0.1, 0.15) is 65.2 Å². The van der Waals surface area contributed by atoms with E-state index in [2.05, 4.69) is 24.5 Å². The molecule has 0 spiro atoms. The molecule has 0 aromatic rings. The Kier molecular flexibility index (Phi) is 10.1. The third-order valence-electron chi connectivity index (χ3n) is 4.55. The summed E-state index contributed by atoms with van der Waals surface area (Å²) in [6.07, 6.45) is 7.79. The van der Waals surface area contributed by atoms with Gasteiger partial charge in [0.05, 0.1) is 6.10 Å². The Morgan fingerprint density at radius 3 is 2.30 bits per heavy atom. The number of amides is 1. The third kappa shape index (κ3) is 9.06. The smallest absolute Gasteiger partial charge is 0.287 e. The van der Waals surface area contributed by atoms with E-state index in [1.165, 1.54) is 0 Å². The van der Waals surface area contributed by atoms with Gasteiger partial charge in [-0.25, -0.2) is 0 Å². The van der Waals surface area contributed by atoms with Gasteiger partial charge in [0.2, 0.25) is 5.78 Å². The number of unbranched alkanes of at least 4 members (excludes halogenated alkanes) is 2. The molecule has 1 aliphatic carbocycles. The van der Waals surface area contributed by atoms with Crippen molar-refractivity contribution in [3.8, 4) is 0 Å². The van der Waals surface area contributed by atoms with Crippen LogP contribution < -0.4 is 10.6 Å². The minimum Gasteiger partial charge on any atom is -0.381 e. The van der Waals surface area contributed by atoms with Gasteiger partial charge in [0, 0.05) is 26.1 Å². The average molecular weight is 326 g/mol. The van der Waals surface area contributed by atoms with Gasteiger partial charge in [-0.3, -0.25) is 9.59 Å². The van der Waals surface area contributed by atoms with Crippen LogP contribution in [-0.2, 0) is 14.3 Å². The van der Waals surface area contributed by atoms with Crippen molar-refractivity contribution in [3.63, 3.8) is 0 Å². The van der Waals surface area contributed by atoms with E-state index in [9.17, 15) is 9.59 Å². The topological polar surface area (TPSA) is 67.4 Å². The molecule has 0 aromatic heterocycles. The highest BCUT2D eigenvalue weighted by Crippen LogP contribution is 2.28. The average Bonchev–Trinajstić information content (AvgIpc) is 2.54. The Balaban J connectivity index is 2.05. The summed E-state index contributed by atoms with van der Waals surface area (Å²) < 4.78 is 5.33. The first-order chi connectivity index (χ1) is 11.0. The number of rotatable bonds is 11. The van der Waals surface area contributed by atoms with Gasteiger partial charge in [-0.1, -0.05) is 20.3 Å². The van der Waals surface area contributed by atoms with Gasteiger partial charge in [0.15, 0.2) is 0 Å².